The fraction of sp³-hybridized carbons (Fsp3) is 0.389. The van der Waals surface area contributed by atoms with Gasteiger partial charge in [0.15, 0.2) is 16.6 Å². The summed E-state index contributed by atoms with van der Waals surface area (Å²) in [6.45, 7) is 6.12. The lowest BCUT2D eigenvalue weighted by molar-refractivity contribution is -0.140. The van der Waals surface area contributed by atoms with Crippen molar-refractivity contribution in [3.8, 4) is 0 Å². The third-order valence-corrected chi connectivity index (χ3v) is 4.38. The predicted octanol–water partition coefficient (Wildman–Crippen LogP) is 1.16. The summed E-state index contributed by atoms with van der Waals surface area (Å²) in [6.07, 6.45) is 1.26. The van der Waals surface area contributed by atoms with Crippen molar-refractivity contribution in [3.05, 3.63) is 41.1 Å². The summed E-state index contributed by atoms with van der Waals surface area (Å²) in [4.78, 5) is 50.3. The van der Waals surface area contributed by atoms with Crippen molar-refractivity contribution in [1.82, 2.24) is 20.9 Å². The number of carbonyl (C=O) groups is 4. The van der Waals surface area contributed by atoms with Crippen molar-refractivity contribution >= 4 is 34.7 Å². The van der Waals surface area contributed by atoms with Gasteiger partial charge in [0.2, 0.25) is 0 Å². The van der Waals surface area contributed by atoms with Gasteiger partial charge >= 0.3 is 5.97 Å². The van der Waals surface area contributed by atoms with Crippen LogP contribution in [-0.4, -0.2) is 44.4 Å². The van der Waals surface area contributed by atoms with Crippen LogP contribution in [0.2, 0.25) is 0 Å². The maximum atomic E-state index is 14.1. The average Bonchev–Trinajstić information content (AvgIpc) is 2.64. The minimum Gasteiger partial charge on any atom is -0.480 e. The Morgan fingerprint density at radius 2 is 1.93 bits per heavy atom. The van der Waals surface area contributed by atoms with Crippen LogP contribution in [0.25, 0.3) is 0 Å². The van der Waals surface area contributed by atoms with Gasteiger partial charge in [0.05, 0.1) is 11.1 Å². The largest absolute Gasteiger partial charge is 0.480 e. The third kappa shape index (κ3) is 8.00. The Labute approximate surface area is 171 Å². The molecular weight excluding hydrogens is 403 g/mol. The molecule has 0 saturated heterocycles. The zero-order valence-corrected chi connectivity index (χ0v) is 17.2. The minimum atomic E-state index is -1.25. The van der Waals surface area contributed by atoms with E-state index in [2.05, 4.69) is 20.9 Å². The minimum absolute atomic E-state index is 0.0634. The monoisotopic (exact) mass is 426 g/mol. The van der Waals surface area contributed by atoms with Crippen LogP contribution in [0.4, 0.5) is 4.39 Å². The van der Waals surface area contributed by atoms with E-state index in [4.69, 9.17) is 5.11 Å². The Morgan fingerprint density at radius 3 is 2.48 bits per heavy atom. The van der Waals surface area contributed by atoms with Crippen LogP contribution >= 0.6 is 11.8 Å². The summed E-state index contributed by atoms with van der Waals surface area (Å²) >= 11 is 1.08. The van der Waals surface area contributed by atoms with Gasteiger partial charge in [-0.05, 0) is 32.9 Å². The number of carbonyl (C=O) groups excluding carboxylic acids is 3. The van der Waals surface area contributed by atoms with Crippen molar-refractivity contribution in [2.24, 2.45) is 0 Å². The number of allylic oxidation sites excluding steroid dienone is 1. The van der Waals surface area contributed by atoms with Crippen LogP contribution in [0, 0.1) is 5.82 Å². The highest BCUT2D eigenvalue weighted by molar-refractivity contribution is 8.14. The third-order valence-electron chi connectivity index (χ3n) is 3.53. The first-order valence-electron chi connectivity index (χ1n) is 8.62. The maximum absolute atomic E-state index is 14.1. The standard InChI is InChI=1S/C18H23FN4O5S/c1-5-14(16(25)21-9(2)18(27)28)23-17(26)15-13(19)7-6-12(22-15)8-20-10(3)29-11(4)24/h5-7,9-10,20H,8H2,1-4H3,(H,21,25)(H,23,26)(H,27,28)/b14-5-/t9-,10?/m0/s1. The number of nitrogens with one attached hydrogen (secondary N) is 3. The number of hydrogen-bond acceptors (Lipinski definition) is 7. The summed E-state index contributed by atoms with van der Waals surface area (Å²) in [5, 5.41) is 16.0. The Morgan fingerprint density at radius 1 is 1.28 bits per heavy atom. The molecule has 1 aromatic rings. The first-order valence-corrected chi connectivity index (χ1v) is 9.50. The average molecular weight is 426 g/mol. The second-order valence-corrected chi connectivity index (χ2v) is 7.47. The highest BCUT2D eigenvalue weighted by atomic mass is 32.2. The maximum Gasteiger partial charge on any atom is 0.325 e. The molecule has 0 saturated carbocycles. The van der Waals surface area contributed by atoms with Crippen LogP contribution in [0.3, 0.4) is 0 Å². The lowest BCUT2D eigenvalue weighted by atomic mass is 10.2. The van der Waals surface area contributed by atoms with Gasteiger partial charge in [-0.3, -0.25) is 24.5 Å². The molecule has 1 aromatic heterocycles. The molecule has 0 radical (unpaired) electrons. The molecule has 1 heterocycles. The van der Waals surface area contributed by atoms with E-state index in [0.717, 1.165) is 17.8 Å². The Balaban J connectivity index is 2.86. The zero-order valence-electron chi connectivity index (χ0n) is 16.4. The summed E-state index contributed by atoms with van der Waals surface area (Å²) in [5.41, 5.74) is -0.396. The number of nitrogens with zero attached hydrogens (tertiary/aromatic N) is 1. The molecule has 0 aromatic carbocycles. The molecule has 0 spiro atoms. The first-order chi connectivity index (χ1) is 13.5. The highest BCUT2D eigenvalue weighted by Crippen LogP contribution is 2.11. The first kappa shape index (κ1) is 24.2. The van der Waals surface area contributed by atoms with Crippen molar-refractivity contribution in [3.63, 3.8) is 0 Å². The fourth-order valence-electron chi connectivity index (χ4n) is 2.06. The molecule has 2 atom stereocenters. The van der Waals surface area contributed by atoms with E-state index in [0.29, 0.717) is 5.69 Å². The molecule has 158 valence electrons. The number of halogens is 1. The molecule has 9 nitrogen and oxygen atoms in total. The number of thioether (sulfide) groups is 1. The SMILES string of the molecule is C/C=C(\NC(=O)c1nc(CNC(C)SC(C)=O)ccc1F)C(=O)N[C@@H](C)C(=O)O. The molecule has 0 aliphatic carbocycles. The van der Waals surface area contributed by atoms with Gasteiger partial charge in [0, 0.05) is 13.5 Å². The van der Waals surface area contributed by atoms with Crippen molar-refractivity contribution in [1.29, 1.82) is 0 Å². The summed E-state index contributed by atoms with van der Waals surface area (Å²) in [6, 6.07) is 1.29. The number of carboxylic acids is 1. The van der Waals surface area contributed by atoms with Gasteiger partial charge in [-0.15, -0.1) is 0 Å². The van der Waals surface area contributed by atoms with Crippen LogP contribution in [0.1, 0.15) is 43.9 Å². The van der Waals surface area contributed by atoms with Gasteiger partial charge in [0.1, 0.15) is 11.7 Å². The van der Waals surface area contributed by atoms with Crippen molar-refractivity contribution in [2.45, 2.75) is 45.7 Å². The fourth-order valence-corrected chi connectivity index (χ4v) is 2.72. The number of aliphatic carboxylic acids is 1. The van der Waals surface area contributed by atoms with E-state index < -0.39 is 35.3 Å². The van der Waals surface area contributed by atoms with Crippen LogP contribution < -0.4 is 16.0 Å². The van der Waals surface area contributed by atoms with Crippen LogP contribution in [-0.2, 0) is 20.9 Å². The smallest absolute Gasteiger partial charge is 0.325 e. The summed E-state index contributed by atoms with van der Waals surface area (Å²) < 4.78 is 14.1. The van der Waals surface area contributed by atoms with Gasteiger partial charge in [-0.2, -0.15) is 0 Å². The quantitative estimate of drug-likeness (QED) is 0.341. The molecule has 1 rings (SSSR count). The van der Waals surface area contributed by atoms with E-state index in [1.165, 1.54) is 32.9 Å². The van der Waals surface area contributed by atoms with E-state index in [9.17, 15) is 23.6 Å². The van der Waals surface area contributed by atoms with E-state index in [1.807, 2.05) is 0 Å². The molecule has 0 aliphatic heterocycles. The number of amides is 2. The lowest BCUT2D eigenvalue weighted by Crippen LogP contribution is -2.42. The highest BCUT2D eigenvalue weighted by Gasteiger charge is 2.21. The summed E-state index contributed by atoms with van der Waals surface area (Å²) in [7, 11) is 0. The topological polar surface area (TPSA) is 137 Å². The number of rotatable bonds is 9. The molecule has 2 amide bonds. The molecule has 1 unspecified atom stereocenters. The number of aromatic nitrogens is 1. The molecule has 4 N–H and O–H groups in total. The van der Waals surface area contributed by atoms with E-state index in [-0.39, 0.29) is 22.7 Å². The predicted molar refractivity (Wildman–Crippen MR) is 105 cm³/mol. The number of pyridine rings is 1. The second kappa shape index (κ2) is 11.3. The molecule has 0 fully saturated rings. The second-order valence-electron chi connectivity index (χ2n) is 5.96. The van der Waals surface area contributed by atoms with Gasteiger partial charge in [-0.25, -0.2) is 9.37 Å². The normalized spacial score (nSPS) is 13.3. The van der Waals surface area contributed by atoms with E-state index in [1.54, 1.807) is 6.92 Å². The molecule has 0 bridgehead atoms. The van der Waals surface area contributed by atoms with Gasteiger partial charge in [0.25, 0.3) is 11.8 Å². The number of carboxylic acid groups (broad SMARTS) is 1. The number of hydrogen-bond donors (Lipinski definition) is 4. The Hall–Kier alpha value is -2.79. The Kier molecular flexibility index (Phi) is 9.42. The molecular formula is C18H23FN4O5S. The van der Waals surface area contributed by atoms with Crippen molar-refractivity contribution < 1.29 is 28.7 Å². The van der Waals surface area contributed by atoms with Gasteiger partial charge < -0.3 is 15.7 Å². The van der Waals surface area contributed by atoms with Crippen molar-refractivity contribution in [2.75, 3.05) is 0 Å². The molecule has 0 aliphatic rings. The molecule has 29 heavy (non-hydrogen) atoms. The molecule has 11 heteroatoms. The zero-order chi connectivity index (χ0) is 22.1. The van der Waals surface area contributed by atoms with Crippen LogP contribution in [0.15, 0.2) is 23.9 Å². The summed E-state index contributed by atoms with van der Waals surface area (Å²) in [5.74, 6) is -3.91. The lowest BCUT2D eigenvalue weighted by Gasteiger charge is -2.14. The Bertz CT molecular complexity index is 830. The van der Waals surface area contributed by atoms with Gasteiger partial charge in [-0.1, -0.05) is 17.8 Å². The van der Waals surface area contributed by atoms with Crippen LogP contribution in [0.5, 0.6) is 0 Å². The van der Waals surface area contributed by atoms with E-state index >= 15 is 0 Å².